The first-order chi connectivity index (χ1) is 19.3. The van der Waals surface area contributed by atoms with Crippen molar-refractivity contribution in [2.45, 2.75) is 37.9 Å². The molecule has 5 aromatic rings. The van der Waals surface area contributed by atoms with Crippen molar-refractivity contribution in [3.05, 3.63) is 151 Å². The van der Waals surface area contributed by atoms with Crippen molar-refractivity contribution in [3.63, 3.8) is 0 Å². The number of rotatable bonds is 3. The van der Waals surface area contributed by atoms with Gasteiger partial charge >= 0.3 is 0 Å². The zero-order valence-electron chi connectivity index (χ0n) is 22.3. The van der Waals surface area contributed by atoms with Crippen molar-refractivity contribution in [2.24, 2.45) is 0 Å². The predicted molar refractivity (Wildman–Crippen MR) is 156 cm³/mol. The Hall–Kier alpha value is -4.19. The second-order valence-corrected chi connectivity index (χ2v) is 11.3. The lowest BCUT2D eigenvalue weighted by Crippen LogP contribution is -2.49. The van der Waals surface area contributed by atoms with Gasteiger partial charge in [-0.15, -0.1) is 0 Å². The Balaban J connectivity index is 1.65. The molecule has 40 heavy (non-hydrogen) atoms. The highest BCUT2D eigenvalue weighted by Crippen LogP contribution is 2.68. The third-order valence-electron chi connectivity index (χ3n) is 8.35. The van der Waals surface area contributed by atoms with E-state index in [1.165, 1.54) is 0 Å². The third kappa shape index (κ3) is 3.19. The van der Waals surface area contributed by atoms with Gasteiger partial charge in [-0.05, 0) is 55.7 Å². The summed E-state index contributed by atoms with van der Waals surface area (Å²) in [6.45, 7) is 6.00. The van der Waals surface area contributed by atoms with Crippen LogP contribution in [0.4, 0.5) is 0 Å². The lowest BCUT2D eigenvalue weighted by Gasteiger charge is -2.40. The Morgan fingerprint density at radius 2 is 1.60 bits per heavy atom. The van der Waals surface area contributed by atoms with Crippen LogP contribution in [0.15, 0.2) is 95.8 Å². The Labute approximate surface area is 237 Å². The summed E-state index contributed by atoms with van der Waals surface area (Å²) < 4.78 is 7.01. The average Bonchev–Trinajstić information content (AvgIpc) is 3.32. The van der Waals surface area contributed by atoms with Crippen LogP contribution < -0.4 is 10.3 Å². The maximum atomic E-state index is 14.1. The fraction of sp³-hybridized carbons (Fsp3) is 0.176. The lowest BCUT2D eigenvalue weighted by molar-refractivity contribution is -0.0905. The van der Waals surface area contributed by atoms with Crippen LogP contribution in [-0.4, -0.2) is 15.1 Å². The van der Waals surface area contributed by atoms with Gasteiger partial charge in [0.2, 0.25) is 0 Å². The van der Waals surface area contributed by atoms with Gasteiger partial charge in [-0.2, -0.15) is 0 Å². The fourth-order valence-corrected chi connectivity index (χ4v) is 6.99. The average molecular weight is 547 g/mol. The van der Waals surface area contributed by atoms with Crippen LogP contribution >= 0.6 is 11.6 Å². The number of halogens is 1. The van der Waals surface area contributed by atoms with Crippen molar-refractivity contribution in [3.8, 4) is 17.1 Å². The number of nitrogens with one attached hydrogen (secondary N) is 1. The summed E-state index contributed by atoms with van der Waals surface area (Å²) in [5, 5.41) is 13.8. The zero-order valence-corrected chi connectivity index (χ0v) is 23.1. The number of nitrogens with zero attached hydrogens (tertiary/aromatic N) is 1. The number of aliphatic hydroxyl groups is 1. The molecule has 6 heteroatoms. The molecule has 0 radical (unpaired) electrons. The summed E-state index contributed by atoms with van der Waals surface area (Å²) in [5.74, 6) is 0.237. The summed E-state index contributed by atoms with van der Waals surface area (Å²) in [6, 6.07) is 29.0. The van der Waals surface area contributed by atoms with Crippen molar-refractivity contribution < 1.29 is 9.84 Å². The molecule has 0 fully saturated rings. The summed E-state index contributed by atoms with van der Waals surface area (Å²) in [7, 11) is 0. The molecule has 2 aliphatic rings. The quantitative estimate of drug-likeness (QED) is 0.264. The smallest absolute Gasteiger partial charge is 0.255 e. The van der Waals surface area contributed by atoms with Crippen molar-refractivity contribution in [2.75, 3.05) is 0 Å². The SMILES string of the molecule is Cc1ccc([C@@]23Oc4cc(C)cc(C)c4[C@]2(O)c2nc(-c4ccccc4Cl)[nH]c(=O)c2[C@H]3c2ccccc2)cc1. The van der Waals surface area contributed by atoms with E-state index in [0.717, 1.165) is 27.8 Å². The van der Waals surface area contributed by atoms with E-state index in [1.807, 2.05) is 106 Å². The van der Waals surface area contributed by atoms with Crippen LogP contribution in [0.2, 0.25) is 5.02 Å². The Kier molecular flexibility index (Phi) is 5.37. The molecule has 7 rings (SSSR count). The first-order valence-electron chi connectivity index (χ1n) is 13.3. The largest absolute Gasteiger partial charge is 0.477 e. The molecule has 0 amide bonds. The van der Waals surface area contributed by atoms with Gasteiger partial charge in [0.1, 0.15) is 11.6 Å². The van der Waals surface area contributed by atoms with Crippen LogP contribution in [0.5, 0.6) is 5.75 Å². The summed E-state index contributed by atoms with van der Waals surface area (Å²) in [4.78, 5) is 22.1. The number of hydrogen-bond donors (Lipinski definition) is 2. The highest BCUT2D eigenvalue weighted by atomic mass is 35.5. The number of aryl methyl sites for hydroxylation is 3. The number of H-pyrrole nitrogens is 1. The molecule has 3 atom stereocenters. The fourth-order valence-electron chi connectivity index (χ4n) is 6.76. The van der Waals surface area contributed by atoms with Gasteiger partial charge in [-0.1, -0.05) is 90.0 Å². The van der Waals surface area contributed by atoms with Gasteiger partial charge in [0.15, 0.2) is 11.2 Å². The molecule has 4 aromatic carbocycles. The van der Waals surface area contributed by atoms with Gasteiger partial charge in [0.25, 0.3) is 5.56 Å². The highest BCUT2D eigenvalue weighted by molar-refractivity contribution is 6.33. The molecule has 1 aliphatic heterocycles. The van der Waals surface area contributed by atoms with E-state index in [9.17, 15) is 9.90 Å². The minimum absolute atomic E-state index is 0.284. The molecule has 1 aromatic heterocycles. The van der Waals surface area contributed by atoms with Crippen LogP contribution in [0, 0.1) is 20.8 Å². The molecular weight excluding hydrogens is 520 g/mol. The normalized spacial score (nSPS) is 22.4. The zero-order chi connectivity index (χ0) is 27.8. The molecule has 2 N–H and O–H groups in total. The molecule has 0 saturated heterocycles. The number of benzene rings is 4. The van der Waals surface area contributed by atoms with E-state index in [0.29, 0.717) is 33.3 Å². The summed E-state index contributed by atoms with van der Waals surface area (Å²) >= 11 is 6.55. The Morgan fingerprint density at radius 1 is 0.900 bits per heavy atom. The molecular formula is C34H27ClN2O3. The molecule has 5 nitrogen and oxygen atoms in total. The topological polar surface area (TPSA) is 75.2 Å². The number of aromatic nitrogens is 2. The van der Waals surface area contributed by atoms with Gasteiger partial charge in [-0.3, -0.25) is 4.79 Å². The van der Waals surface area contributed by atoms with Gasteiger partial charge in [-0.25, -0.2) is 4.98 Å². The second kappa shape index (κ2) is 8.65. The van der Waals surface area contributed by atoms with E-state index in [4.69, 9.17) is 21.3 Å². The van der Waals surface area contributed by atoms with Crippen LogP contribution in [-0.2, 0) is 11.2 Å². The van der Waals surface area contributed by atoms with Gasteiger partial charge in [0.05, 0.1) is 22.2 Å². The minimum atomic E-state index is -1.77. The molecule has 0 bridgehead atoms. The monoisotopic (exact) mass is 546 g/mol. The summed E-state index contributed by atoms with van der Waals surface area (Å²) in [5.41, 5.74) is 2.96. The van der Waals surface area contributed by atoms with Crippen LogP contribution in [0.1, 0.15) is 50.6 Å². The van der Waals surface area contributed by atoms with E-state index in [-0.39, 0.29) is 11.3 Å². The van der Waals surface area contributed by atoms with E-state index in [1.54, 1.807) is 6.07 Å². The number of ether oxygens (including phenoxy) is 1. The molecule has 198 valence electrons. The first kappa shape index (κ1) is 24.8. The molecule has 0 spiro atoms. The van der Waals surface area contributed by atoms with Crippen LogP contribution in [0.3, 0.4) is 0 Å². The summed E-state index contributed by atoms with van der Waals surface area (Å²) in [6.07, 6.45) is 0. The Morgan fingerprint density at radius 3 is 2.33 bits per heavy atom. The van der Waals surface area contributed by atoms with E-state index >= 15 is 0 Å². The van der Waals surface area contributed by atoms with Gasteiger partial charge in [0, 0.05) is 16.7 Å². The molecule has 0 unspecified atom stereocenters. The van der Waals surface area contributed by atoms with Crippen molar-refractivity contribution in [1.82, 2.24) is 9.97 Å². The number of hydrogen-bond acceptors (Lipinski definition) is 4. The molecule has 0 saturated carbocycles. The maximum absolute atomic E-state index is 14.1. The minimum Gasteiger partial charge on any atom is -0.477 e. The third-order valence-corrected chi connectivity index (χ3v) is 8.68. The van der Waals surface area contributed by atoms with E-state index in [2.05, 4.69) is 4.98 Å². The molecule has 1 aliphatic carbocycles. The predicted octanol–water partition coefficient (Wildman–Crippen LogP) is 6.68. The second-order valence-electron chi connectivity index (χ2n) is 10.9. The standard InChI is InChI=1S/C34H27ClN2O3/c1-19-13-15-23(16-14-19)34-29(22-9-5-4-6-10-22)27-30(33(34,39)28-21(3)17-20(2)18-26(28)40-34)36-31(37-32(27)38)24-11-7-8-12-25(24)35/h4-18,29,39H,1-3H3,(H,36,37,38)/t29-,33+,34+/m1/s1. The first-order valence-corrected chi connectivity index (χ1v) is 13.7. The van der Waals surface area contributed by atoms with E-state index < -0.39 is 17.1 Å². The van der Waals surface area contributed by atoms with Gasteiger partial charge < -0.3 is 14.8 Å². The lowest BCUT2D eigenvalue weighted by atomic mass is 9.69. The number of aromatic amines is 1. The maximum Gasteiger partial charge on any atom is 0.255 e. The van der Waals surface area contributed by atoms with Crippen LogP contribution in [0.25, 0.3) is 11.4 Å². The highest BCUT2D eigenvalue weighted by Gasteiger charge is 2.73. The molecule has 2 heterocycles. The Bertz CT molecular complexity index is 1870. The number of fused-ring (bicyclic) bond motifs is 5. The van der Waals surface area contributed by atoms with Crippen molar-refractivity contribution in [1.29, 1.82) is 0 Å². The van der Waals surface area contributed by atoms with Crippen molar-refractivity contribution >= 4 is 11.6 Å².